The van der Waals surface area contributed by atoms with Crippen molar-refractivity contribution in [3.8, 4) is 20.3 Å². The van der Waals surface area contributed by atoms with Crippen LogP contribution in [0.4, 0.5) is 17.6 Å². The molecule has 10 rings (SSSR count). The summed E-state index contributed by atoms with van der Waals surface area (Å²) in [5.74, 6) is -1.82. The quantitative estimate of drug-likeness (QED) is 0.129. The van der Waals surface area contributed by atoms with E-state index >= 15 is 17.6 Å². The predicted molar refractivity (Wildman–Crippen MR) is 185 cm³/mol. The molecule has 0 radical (unpaired) electrons. The number of nitrogens with zero attached hydrogens (tertiary/aromatic N) is 2. The topological polar surface area (TPSA) is 25.8 Å². The van der Waals surface area contributed by atoms with Gasteiger partial charge in [-0.05, 0) is 0 Å². The van der Waals surface area contributed by atoms with Crippen LogP contribution >= 0.6 is 22.7 Å². The van der Waals surface area contributed by atoms with E-state index in [1.807, 2.05) is 36.4 Å². The summed E-state index contributed by atoms with van der Waals surface area (Å²) in [4.78, 5) is 8.65. The molecule has 46 heavy (non-hydrogen) atoms. The second-order valence-corrected chi connectivity index (χ2v) is 17.6. The third kappa shape index (κ3) is 3.74. The van der Waals surface area contributed by atoms with Gasteiger partial charge in [-0.15, -0.1) is 0 Å². The number of benzene rings is 4. The van der Waals surface area contributed by atoms with Crippen LogP contribution in [-0.2, 0) is 0 Å². The van der Waals surface area contributed by atoms with E-state index in [-0.39, 0.29) is 11.4 Å². The standard InChI is InChI=1S/C36H14F4N2S2Se2/c37-27-17-7-3-1-5-15(17)13-41-31(27)35-29(39)21-9-23-19(11-25(21)45-35)33-34(43-23)20-12-26-22(10-24(20)44-33)30(40)36(46-26)32-28(38)18-8-4-2-6-16(18)14-42-32/h1-14H. The first kappa shape index (κ1) is 27.3. The van der Waals surface area contributed by atoms with Crippen molar-refractivity contribution < 1.29 is 17.6 Å². The van der Waals surface area contributed by atoms with E-state index in [0.717, 1.165) is 38.1 Å². The van der Waals surface area contributed by atoms with Gasteiger partial charge in [0.25, 0.3) is 0 Å². The van der Waals surface area contributed by atoms with Crippen molar-refractivity contribution in [2.75, 3.05) is 0 Å². The van der Waals surface area contributed by atoms with Crippen LogP contribution in [0.3, 0.4) is 0 Å². The molecule has 0 fully saturated rings. The number of hydrogen-bond acceptors (Lipinski definition) is 4. The van der Waals surface area contributed by atoms with Crippen LogP contribution in [0.1, 0.15) is 0 Å². The summed E-state index contributed by atoms with van der Waals surface area (Å²) in [6.07, 6.45) is 3.20. The average molecular weight is 773 g/mol. The third-order valence-corrected chi connectivity index (χ3v) is 15.7. The minimum absolute atomic E-state index is 0.0763. The molecule has 0 saturated heterocycles. The number of halogens is 4. The number of hydrogen-bond donors (Lipinski definition) is 0. The van der Waals surface area contributed by atoms with Crippen LogP contribution in [-0.4, -0.2) is 39.0 Å². The van der Waals surface area contributed by atoms with Crippen LogP contribution in [0.25, 0.3) is 90.7 Å². The van der Waals surface area contributed by atoms with Gasteiger partial charge in [0.15, 0.2) is 0 Å². The molecular weight excluding hydrogens is 758 g/mol. The number of aromatic nitrogens is 2. The van der Waals surface area contributed by atoms with Gasteiger partial charge in [-0.3, -0.25) is 0 Å². The second-order valence-electron chi connectivity index (χ2n) is 11.1. The van der Waals surface area contributed by atoms with E-state index < -0.39 is 52.3 Å². The first-order valence-corrected chi connectivity index (χ1v) is 19.2. The maximum atomic E-state index is 15.9. The fourth-order valence-corrected chi connectivity index (χ4v) is 13.5. The molecule has 0 spiro atoms. The van der Waals surface area contributed by atoms with Gasteiger partial charge in [0.1, 0.15) is 0 Å². The first-order valence-electron chi connectivity index (χ1n) is 14.1. The number of rotatable bonds is 2. The number of fused-ring (bicyclic) bond motifs is 9. The van der Waals surface area contributed by atoms with Crippen molar-refractivity contribution in [1.82, 2.24) is 9.97 Å². The van der Waals surface area contributed by atoms with Crippen molar-refractivity contribution in [3.05, 3.63) is 108 Å². The zero-order valence-electron chi connectivity index (χ0n) is 23.1. The number of thiophene rings is 2. The summed E-state index contributed by atoms with van der Waals surface area (Å²) in [6, 6.07) is 22.0. The number of pyridine rings is 2. The Morgan fingerprint density at radius 2 is 0.913 bits per heavy atom. The molecule has 0 amide bonds. The van der Waals surface area contributed by atoms with Gasteiger partial charge >= 0.3 is 278 Å². The molecule has 6 heterocycles. The van der Waals surface area contributed by atoms with Crippen molar-refractivity contribution in [2.45, 2.75) is 0 Å². The summed E-state index contributed by atoms with van der Waals surface area (Å²) in [6.45, 7) is 0. The zero-order chi connectivity index (χ0) is 30.8. The van der Waals surface area contributed by atoms with E-state index in [4.69, 9.17) is 0 Å². The minimum atomic E-state index is -0.495. The Kier molecular flexibility index (Phi) is 5.81. The normalized spacial score (nSPS) is 12.3. The molecule has 6 aromatic heterocycles. The van der Waals surface area contributed by atoms with Crippen LogP contribution in [0, 0.1) is 23.3 Å². The molecule has 2 nitrogen and oxygen atoms in total. The Labute approximate surface area is 276 Å². The Bertz CT molecular complexity index is 2740. The molecule has 10 heteroatoms. The van der Waals surface area contributed by atoms with Gasteiger partial charge in [0.2, 0.25) is 0 Å². The summed E-state index contributed by atoms with van der Waals surface area (Å²) in [7, 11) is 0. The Hall–Kier alpha value is -3.88. The maximum absolute atomic E-state index is 15.9. The molecule has 0 saturated carbocycles. The van der Waals surface area contributed by atoms with Crippen LogP contribution < -0.4 is 0 Å². The SMILES string of the molecule is Fc1c(-c2[se]c3cc4c(cc3c2F)sc2c3cc5[se]c(-c6ncc7ccccc7c6F)c(F)c5cc3sc42)ncc2ccccc12. The van der Waals surface area contributed by atoms with E-state index in [9.17, 15) is 0 Å². The summed E-state index contributed by atoms with van der Waals surface area (Å²) >= 11 is 2.24. The molecule has 0 bridgehead atoms. The van der Waals surface area contributed by atoms with Gasteiger partial charge < -0.3 is 0 Å². The molecule has 0 aliphatic carbocycles. The van der Waals surface area contributed by atoms with Crippen molar-refractivity contribution >= 4 is 122 Å². The first-order chi connectivity index (χ1) is 22.4. The van der Waals surface area contributed by atoms with Crippen LogP contribution in [0.5, 0.6) is 0 Å². The summed E-state index contributed by atoms with van der Waals surface area (Å²) in [5, 5.41) is 5.25. The zero-order valence-corrected chi connectivity index (χ0v) is 28.2. The van der Waals surface area contributed by atoms with Crippen LogP contribution in [0.15, 0.2) is 85.2 Å². The molecular formula is C36H14F4N2S2Se2. The molecule has 4 aromatic carbocycles. The van der Waals surface area contributed by atoms with Crippen LogP contribution in [0.2, 0.25) is 0 Å². The fraction of sp³-hybridized carbons (Fsp3) is 0. The predicted octanol–water partition coefficient (Wildman–Crippen LogP) is 10.7. The summed E-state index contributed by atoms with van der Waals surface area (Å²) in [5.41, 5.74) is 0.153. The van der Waals surface area contributed by atoms with E-state index in [1.54, 1.807) is 71.5 Å². The van der Waals surface area contributed by atoms with Gasteiger partial charge in [-0.25, -0.2) is 0 Å². The molecule has 0 atom stereocenters. The van der Waals surface area contributed by atoms with Crippen molar-refractivity contribution in [3.63, 3.8) is 0 Å². The molecule has 0 N–H and O–H groups in total. The summed E-state index contributed by atoms with van der Waals surface area (Å²) < 4.78 is 69.2. The van der Waals surface area contributed by atoms with E-state index in [1.165, 1.54) is 0 Å². The van der Waals surface area contributed by atoms with Gasteiger partial charge in [-0.2, -0.15) is 0 Å². The molecule has 0 aliphatic heterocycles. The molecule has 0 unspecified atom stereocenters. The van der Waals surface area contributed by atoms with Gasteiger partial charge in [-0.1, -0.05) is 0 Å². The third-order valence-electron chi connectivity index (χ3n) is 8.48. The van der Waals surface area contributed by atoms with Crippen molar-refractivity contribution in [2.24, 2.45) is 0 Å². The molecule has 220 valence electrons. The average Bonchev–Trinajstić information content (AvgIpc) is 3.79. The Balaban J connectivity index is 1.13. The van der Waals surface area contributed by atoms with Crippen molar-refractivity contribution in [1.29, 1.82) is 0 Å². The molecule has 0 aliphatic rings. The Morgan fingerprint density at radius 1 is 0.478 bits per heavy atom. The monoisotopic (exact) mass is 774 g/mol. The van der Waals surface area contributed by atoms with E-state index in [2.05, 4.69) is 9.97 Å². The van der Waals surface area contributed by atoms with Gasteiger partial charge in [0, 0.05) is 0 Å². The Morgan fingerprint density at radius 3 is 1.37 bits per heavy atom. The second kappa shape index (κ2) is 9.81. The molecule has 10 aromatic rings. The van der Waals surface area contributed by atoms with Gasteiger partial charge in [0.05, 0.1) is 0 Å². The van der Waals surface area contributed by atoms with E-state index in [0.29, 0.717) is 41.2 Å². The fourth-order valence-electron chi connectivity index (χ4n) is 6.25.